The Labute approximate surface area is 109 Å². The molecular weight excluding hydrogens is 248 g/mol. The summed E-state index contributed by atoms with van der Waals surface area (Å²) in [7, 11) is 0. The highest BCUT2D eigenvalue weighted by molar-refractivity contribution is 5.75. The van der Waals surface area contributed by atoms with Crippen LogP contribution in [0.4, 0.5) is 0 Å². The Morgan fingerprint density at radius 3 is 2.84 bits per heavy atom. The highest BCUT2D eigenvalue weighted by Gasteiger charge is 2.53. The summed E-state index contributed by atoms with van der Waals surface area (Å²) in [5.41, 5.74) is 0.0963. The molecule has 102 valence electrons. The van der Waals surface area contributed by atoms with Gasteiger partial charge in [0.2, 0.25) is 0 Å². The zero-order valence-corrected chi connectivity index (χ0v) is 10.5. The number of aliphatic hydroxyl groups is 3. The summed E-state index contributed by atoms with van der Waals surface area (Å²) in [6.45, 7) is 1.15. The molecule has 0 spiro atoms. The van der Waals surface area contributed by atoms with Gasteiger partial charge in [-0.2, -0.15) is 0 Å². The average molecular weight is 264 g/mol. The topological polar surface area (TPSA) is 87.7 Å². The third kappa shape index (κ3) is 1.76. The van der Waals surface area contributed by atoms with Crippen molar-refractivity contribution >= 4 is 11.0 Å². The number of nitrogens with zero attached hydrogens (tertiary/aromatic N) is 2. The summed E-state index contributed by atoms with van der Waals surface area (Å²) in [5.74, 6) is 0. The molecule has 2 heterocycles. The van der Waals surface area contributed by atoms with Crippen molar-refractivity contribution in [3.05, 3.63) is 30.6 Å². The SMILES string of the molecule is C[C@@]1(O)[C@H](O)[C@@H](CO)O[C@H]1n1cnc2ccccc21. The number of ether oxygens (including phenoxy) is 1. The molecule has 0 unspecified atom stereocenters. The molecule has 19 heavy (non-hydrogen) atoms. The number of aromatic nitrogens is 2. The van der Waals surface area contributed by atoms with Gasteiger partial charge in [0.25, 0.3) is 0 Å². The molecule has 6 heteroatoms. The Balaban J connectivity index is 2.07. The Hall–Kier alpha value is -1.47. The van der Waals surface area contributed by atoms with Crippen LogP contribution in [0.1, 0.15) is 13.2 Å². The number of fused-ring (bicyclic) bond motifs is 1. The standard InChI is InChI=1S/C13H16N2O4/c1-13(18)11(17)10(6-16)19-12(13)15-7-14-8-4-2-3-5-9(8)15/h2-5,7,10-12,16-18H,6H2,1H3/t10-,11-,12-,13-/m1/s1. The van der Waals surface area contributed by atoms with Crippen LogP contribution in [0.5, 0.6) is 0 Å². The van der Waals surface area contributed by atoms with Gasteiger partial charge in [-0.1, -0.05) is 12.1 Å². The van der Waals surface area contributed by atoms with Gasteiger partial charge in [0, 0.05) is 0 Å². The number of aliphatic hydroxyl groups excluding tert-OH is 2. The molecule has 0 bridgehead atoms. The first-order valence-electron chi connectivity index (χ1n) is 6.14. The predicted molar refractivity (Wildman–Crippen MR) is 67.4 cm³/mol. The first-order chi connectivity index (χ1) is 9.05. The molecule has 0 aliphatic carbocycles. The zero-order chi connectivity index (χ0) is 13.6. The zero-order valence-electron chi connectivity index (χ0n) is 10.5. The Kier molecular flexibility index (Phi) is 2.83. The molecule has 1 aliphatic heterocycles. The summed E-state index contributed by atoms with van der Waals surface area (Å²) in [6.07, 6.45) is -1.17. The minimum atomic E-state index is -1.49. The molecule has 1 fully saturated rings. The van der Waals surface area contributed by atoms with E-state index < -0.39 is 24.0 Å². The molecule has 1 saturated heterocycles. The van der Waals surface area contributed by atoms with Crippen LogP contribution >= 0.6 is 0 Å². The average Bonchev–Trinajstić information content (AvgIpc) is 2.91. The maximum absolute atomic E-state index is 10.4. The molecule has 1 aromatic heterocycles. The van der Waals surface area contributed by atoms with E-state index in [4.69, 9.17) is 4.74 Å². The van der Waals surface area contributed by atoms with Crippen LogP contribution in [0, 0.1) is 0 Å². The Morgan fingerprint density at radius 1 is 1.42 bits per heavy atom. The number of hydrogen-bond donors (Lipinski definition) is 3. The van der Waals surface area contributed by atoms with Gasteiger partial charge in [-0.05, 0) is 19.1 Å². The van der Waals surface area contributed by atoms with E-state index in [2.05, 4.69) is 4.98 Å². The van der Waals surface area contributed by atoms with Gasteiger partial charge >= 0.3 is 0 Å². The fourth-order valence-electron chi connectivity index (χ4n) is 2.56. The number of para-hydroxylation sites is 2. The Bertz CT molecular complexity index is 595. The molecule has 2 aromatic rings. The van der Waals surface area contributed by atoms with Crippen LogP contribution in [-0.4, -0.2) is 49.3 Å². The van der Waals surface area contributed by atoms with Gasteiger partial charge in [-0.3, -0.25) is 0 Å². The monoisotopic (exact) mass is 264 g/mol. The lowest BCUT2D eigenvalue weighted by molar-refractivity contribution is -0.0948. The van der Waals surface area contributed by atoms with Crippen molar-refractivity contribution in [2.24, 2.45) is 0 Å². The second-order valence-electron chi connectivity index (χ2n) is 5.02. The third-order valence-corrected chi connectivity index (χ3v) is 3.67. The summed E-state index contributed by atoms with van der Waals surface area (Å²) < 4.78 is 7.24. The molecule has 0 amide bonds. The van der Waals surface area contributed by atoms with Crippen LogP contribution in [-0.2, 0) is 4.74 Å². The van der Waals surface area contributed by atoms with E-state index in [9.17, 15) is 15.3 Å². The highest BCUT2D eigenvalue weighted by atomic mass is 16.6. The molecule has 6 nitrogen and oxygen atoms in total. The van der Waals surface area contributed by atoms with E-state index in [1.165, 1.54) is 6.92 Å². The lowest BCUT2D eigenvalue weighted by atomic mass is 9.96. The van der Waals surface area contributed by atoms with Gasteiger partial charge in [-0.15, -0.1) is 0 Å². The maximum atomic E-state index is 10.4. The largest absolute Gasteiger partial charge is 0.394 e. The lowest BCUT2D eigenvalue weighted by Crippen LogP contribution is -2.44. The fraction of sp³-hybridized carbons (Fsp3) is 0.462. The number of imidazole rings is 1. The number of hydrogen-bond acceptors (Lipinski definition) is 5. The highest BCUT2D eigenvalue weighted by Crippen LogP contribution is 2.39. The van der Waals surface area contributed by atoms with Crippen molar-refractivity contribution in [3.8, 4) is 0 Å². The summed E-state index contributed by atoms with van der Waals surface area (Å²) in [4.78, 5) is 4.23. The van der Waals surface area contributed by atoms with Gasteiger partial charge in [0.05, 0.1) is 24.0 Å². The molecule has 4 atom stereocenters. The minimum Gasteiger partial charge on any atom is -0.394 e. The minimum absolute atomic E-state index is 0.347. The molecular formula is C13H16N2O4. The lowest BCUT2D eigenvalue weighted by Gasteiger charge is -2.27. The summed E-state index contributed by atoms with van der Waals surface area (Å²) in [6, 6.07) is 7.46. The van der Waals surface area contributed by atoms with Gasteiger partial charge in [-0.25, -0.2) is 4.98 Å². The van der Waals surface area contributed by atoms with E-state index in [0.717, 1.165) is 11.0 Å². The first-order valence-corrected chi connectivity index (χ1v) is 6.14. The van der Waals surface area contributed by atoms with Crippen molar-refractivity contribution in [2.45, 2.75) is 31.0 Å². The summed E-state index contributed by atoms with van der Waals surface area (Å²) >= 11 is 0. The van der Waals surface area contributed by atoms with Gasteiger partial charge in [0.1, 0.15) is 17.8 Å². The van der Waals surface area contributed by atoms with Crippen LogP contribution < -0.4 is 0 Å². The van der Waals surface area contributed by atoms with Crippen molar-refractivity contribution in [2.75, 3.05) is 6.61 Å². The van der Waals surface area contributed by atoms with Crippen LogP contribution in [0.15, 0.2) is 30.6 Å². The van der Waals surface area contributed by atoms with E-state index in [1.807, 2.05) is 24.3 Å². The fourth-order valence-corrected chi connectivity index (χ4v) is 2.56. The number of benzene rings is 1. The molecule has 3 rings (SSSR count). The quantitative estimate of drug-likeness (QED) is 0.712. The van der Waals surface area contributed by atoms with E-state index in [-0.39, 0.29) is 6.61 Å². The van der Waals surface area contributed by atoms with E-state index in [1.54, 1.807) is 10.9 Å². The van der Waals surface area contributed by atoms with Crippen LogP contribution in [0.25, 0.3) is 11.0 Å². The second-order valence-corrected chi connectivity index (χ2v) is 5.02. The number of rotatable bonds is 2. The predicted octanol–water partition coefficient (Wildman–Crippen LogP) is 0.0379. The third-order valence-electron chi connectivity index (χ3n) is 3.67. The molecule has 3 N–H and O–H groups in total. The van der Waals surface area contributed by atoms with Crippen LogP contribution in [0.2, 0.25) is 0 Å². The normalized spacial score (nSPS) is 35.1. The maximum Gasteiger partial charge on any atom is 0.167 e. The molecule has 1 aliphatic rings. The van der Waals surface area contributed by atoms with Gasteiger partial charge in [0.15, 0.2) is 6.23 Å². The molecule has 0 saturated carbocycles. The first kappa shape index (κ1) is 12.6. The van der Waals surface area contributed by atoms with Crippen molar-refractivity contribution in [1.29, 1.82) is 0 Å². The van der Waals surface area contributed by atoms with Crippen LogP contribution in [0.3, 0.4) is 0 Å². The smallest absolute Gasteiger partial charge is 0.167 e. The van der Waals surface area contributed by atoms with E-state index >= 15 is 0 Å². The molecule has 0 radical (unpaired) electrons. The second kappa shape index (κ2) is 4.28. The van der Waals surface area contributed by atoms with Crippen molar-refractivity contribution < 1.29 is 20.1 Å². The summed E-state index contributed by atoms with van der Waals surface area (Å²) in [5, 5.41) is 29.6. The van der Waals surface area contributed by atoms with Crippen molar-refractivity contribution in [3.63, 3.8) is 0 Å². The van der Waals surface area contributed by atoms with Crippen molar-refractivity contribution in [1.82, 2.24) is 9.55 Å². The molecule has 1 aromatic carbocycles. The Morgan fingerprint density at radius 2 is 2.16 bits per heavy atom. The van der Waals surface area contributed by atoms with E-state index in [0.29, 0.717) is 0 Å². The van der Waals surface area contributed by atoms with Gasteiger partial charge < -0.3 is 24.6 Å².